The molecule has 0 saturated heterocycles. The lowest BCUT2D eigenvalue weighted by Gasteiger charge is -2.07. The third-order valence-electron chi connectivity index (χ3n) is 0.741. The van der Waals surface area contributed by atoms with Crippen LogP contribution in [0.2, 0.25) is 0 Å². The number of aliphatic carboxylic acids is 1. The van der Waals surface area contributed by atoms with Crippen LogP contribution in [0.3, 0.4) is 0 Å². The summed E-state index contributed by atoms with van der Waals surface area (Å²) in [6, 6.07) is -1.70. The number of carbonyl (C=O) groups is 1. The Morgan fingerprint density at radius 1 is 2.00 bits per heavy atom. The highest BCUT2D eigenvalue weighted by Crippen LogP contribution is 2.01. The van der Waals surface area contributed by atoms with Crippen LogP contribution in [0.1, 0.15) is 29.7 Å². The first-order chi connectivity index (χ1) is 6.83. The zero-order chi connectivity index (χ0) is 13.4. The number of hydrogen-bond acceptors (Lipinski definition) is 2. The van der Waals surface area contributed by atoms with E-state index in [4.69, 9.17) is 20.4 Å². The van der Waals surface area contributed by atoms with E-state index in [2.05, 4.69) is 0 Å². The van der Waals surface area contributed by atoms with E-state index in [-0.39, 0.29) is 0 Å². The summed E-state index contributed by atoms with van der Waals surface area (Å²) in [4.78, 5) is 10.5. The Hall–Kier alpha value is -0.570. The highest BCUT2D eigenvalue weighted by atomic mass is 16.4. The summed E-state index contributed by atoms with van der Waals surface area (Å²) < 4.78 is 49.6. The Morgan fingerprint density at radius 3 is 2.89 bits per heavy atom. The van der Waals surface area contributed by atoms with Crippen molar-refractivity contribution in [3.8, 4) is 0 Å². The van der Waals surface area contributed by atoms with Gasteiger partial charge in [-0.1, -0.05) is 13.7 Å². The summed E-state index contributed by atoms with van der Waals surface area (Å²) in [5.74, 6) is -4.41. The van der Waals surface area contributed by atoms with Crippen molar-refractivity contribution in [3.63, 3.8) is 0 Å². The number of nitrogens with two attached hydrogens (primary N) is 1. The summed E-state index contributed by atoms with van der Waals surface area (Å²) in [5.41, 5.74) is 5.08. The Labute approximate surface area is 64.7 Å². The zero-order valence-electron chi connectivity index (χ0n) is 11.7. The lowest BCUT2D eigenvalue weighted by molar-refractivity contribution is -0.138. The molecule has 0 fully saturated rings. The zero-order valence-corrected chi connectivity index (χ0v) is 4.72. The molecule has 0 spiro atoms. The van der Waals surface area contributed by atoms with Crippen LogP contribution in [-0.4, -0.2) is 17.1 Å². The van der Waals surface area contributed by atoms with Crippen LogP contribution in [0.5, 0.6) is 0 Å². The van der Waals surface area contributed by atoms with Crippen LogP contribution in [0.4, 0.5) is 0 Å². The van der Waals surface area contributed by atoms with Crippen molar-refractivity contribution in [3.05, 3.63) is 0 Å². The Balaban J connectivity index is 5.21. The molecule has 0 amide bonds. The molecule has 3 N–H and O–H groups in total. The minimum absolute atomic E-state index is 0.963. The summed E-state index contributed by atoms with van der Waals surface area (Å²) in [6.07, 6.45) is -0.963. The fourth-order valence-electron chi connectivity index (χ4n) is 0.307. The van der Waals surface area contributed by atoms with Crippen molar-refractivity contribution in [1.82, 2.24) is 0 Å². The van der Waals surface area contributed by atoms with Crippen molar-refractivity contribution >= 4 is 5.97 Å². The molecule has 0 radical (unpaired) electrons. The van der Waals surface area contributed by atoms with Crippen molar-refractivity contribution in [2.45, 2.75) is 26.2 Å². The van der Waals surface area contributed by atoms with E-state index in [0.717, 1.165) is 0 Å². The molecule has 3 nitrogen and oxygen atoms in total. The number of carboxylic acid groups (broad SMARTS) is 1. The summed E-state index contributed by atoms with van der Waals surface area (Å²) in [6.45, 7) is -6.27. The van der Waals surface area contributed by atoms with E-state index in [1.165, 1.54) is 0 Å². The molecule has 0 heterocycles. The first kappa shape index (κ1) is 2.23. The van der Waals surface area contributed by atoms with Crippen LogP contribution in [0.25, 0.3) is 0 Å². The fraction of sp³-hybridized carbons (Fsp3) is 0.833. The van der Waals surface area contributed by atoms with Gasteiger partial charge in [-0.05, 0) is 12.3 Å². The molecule has 0 rings (SSSR count). The largest absolute Gasteiger partial charge is 0.480 e. The average Bonchev–Trinajstić information content (AvgIpc) is 1.99. The monoisotopic (exact) mass is 145 g/mol. The molecule has 1 atom stereocenters. The predicted octanol–water partition coefficient (Wildman–Crippen LogP) is 0.444. The second kappa shape index (κ2) is 3.45. The molecule has 0 aromatic heterocycles. The maximum absolute atomic E-state index is 10.5. The Morgan fingerprint density at radius 2 is 2.56 bits per heavy atom. The Kier molecular flexibility index (Phi) is 0.858. The highest BCUT2D eigenvalue weighted by Gasteiger charge is 2.11. The average molecular weight is 145 g/mol. The lowest BCUT2D eigenvalue weighted by Crippen LogP contribution is -2.31. The quantitative estimate of drug-likeness (QED) is 0.606. The molecule has 3 heteroatoms. The van der Waals surface area contributed by atoms with Crippen LogP contribution < -0.4 is 5.73 Å². The normalized spacial score (nSPS) is 29.2. The third kappa shape index (κ3) is 3.97. The minimum atomic E-state index is -3.13. The van der Waals surface area contributed by atoms with Crippen molar-refractivity contribution < 1.29 is 19.5 Å². The number of hydrogen-bond donors (Lipinski definition) is 2. The van der Waals surface area contributed by atoms with Gasteiger partial charge in [0.1, 0.15) is 6.04 Å². The van der Waals surface area contributed by atoms with Crippen molar-refractivity contribution in [1.29, 1.82) is 0 Å². The molecule has 0 aliphatic rings. The predicted molar refractivity (Wildman–Crippen MR) is 35.1 cm³/mol. The molecule has 0 aromatic rings. The van der Waals surface area contributed by atoms with Gasteiger partial charge in [0, 0.05) is 9.60 Å². The summed E-state index contributed by atoms with van der Waals surface area (Å²) in [7, 11) is 0. The minimum Gasteiger partial charge on any atom is -0.480 e. The van der Waals surface area contributed by atoms with Gasteiger partial charge in [-0.3, -0.25) is 4.79 Å². The van der Waals surface area contributed by atoms with Gasteiger partial charge in [-0.25, -0.2) is 0 Å². The number of carboxylic acids is 1. The molecule has 0 aliphatic heterocycles. The Bertz CT molecular complexity index is 257. The summed E-state index contributed by atoms with van der Waals surface area (Å²) >= 11 is 0. The van der Waals surface area contributed by atoms with Gasteiger partial charge in [-0.2, -0.15) is 0 Å². The summed E-state index contributed by atoms with van der Waals surface area (Å²) in [5, 5.41) is 8.50. The van der Waals surface area contributed by atoms with E-state index in [0.29, 0.717) is 0 Å². The van der Waals surface area contributed by atoms with Crippen LogP contribution >= 0.6 is 0 Å². The maximum Gasteiger partial charge on any atom is 0.320 e. The fourth-order valence-corrected chi connectivity index (χ4v) is 0.307. The third-order valence-corrected chi connectivity index (χ3v) is 0.741. The molecule has 54 valence electrons. The van der Waals surface area contributed by atoms with E-state index in [1.54, 1.807) is 0 Å². The van der Waals surface area contributed by atoms with Gasteiger partial charge in [0.25, 0.3) is 0 Å². The molecular formula is C6H13NO2. The molecule has 9 heavy (non-hydrogen) atoms. The molecule has 0 aliphatic carbocycles. The smallest absolute Gasteiger partial charge is 0.320 e. The standard InChI is InChI=1S/C6H13NO2/c1-4(2)3-5(7)6(8)9/h4-5H,3,7H2,1-2H3,(H,8,9)/t5-/m0/s1/i1T3,2T3,4T. The molecule has 0 bridgehead atoms. The molecular weight excluding hydrogens is 118 g/mol. The lowest BCUT2D eigenvalue weighted by atomic mass is 10.1. The molecule has 0 aromatic carbocycles. The van der Waals surface area contributed by atoms with Gasteiger partial charge in [0.05, 0.1) is 0 Å². The van der Waals surface area contributed by atoms with Crippen LogP contribution in [0, 0.1) is 5.89 Å². The first-order valence-corrected chi connectivity index (χ1v) is 2.31. The second-order valence-electron chi connectivity index (χ2n) is 1.63. The highest BCUT2D eigenvalue weighted by molar-refractivity contribution is 5.72. The van der Waals surface area contributed by atoms with Gasteiger partial charge >= 0.3 is 5.97 Å². The van der Waals surface area contributed by atoms with Gasteiger partial charge in [-0.15, -0.1) is 0 Å². The van der Waals surface area contributed by atoms with Gasteiger partial charge < -0.3 is 10.8 Å². The van der Waals surface area contributed by atoms with Gasteiger partial charge in [0.15, 0.2) is 0 Å². The van der Waals surface area contributed by atoms with E-state index < -0.39 is 38.0 Å². The number of rotatable bonds is 3. The molecule has 0 saturated carbocycles. The van der Waals surface area contributed by atoms with E-state index in [9.17, 15) is 4.79 Å². The van der Waals surface area contributed by atoms with Gasteiger partial charge in [0.2, 0.25) is 0 Å². The van der Waals surface area contributed by atoms with E-state index in [1.807, 2.05) is 0 Å². The topological polar surface area (TPSA) is 63.3 Å². The van der Waals surface area contributed by atoms with Crippen LogP contribution in [-0.2, 0) is 4.79 Å². The maximum atomic E-state index is 10.5. The van der Waals surface area contributed by atoms with Crippen molar-refractivity contribution in [2.75, 3.05) is 0 Å². The van der Waals surface area contributed by atoms with E-state index >= 15 is 0 Å². The van der Waals surface area contributed by atoms with Crippen molar-refractivity contribution in [2.24, 2.45) is 11.6 Å². The second-order valence-corrected chi connectivity index (χ2v) is 1.63. The first-order valence-electron chi connectivity index (χ1n) is 5.81. The molecule has 0 unspecified atom stereocenters. The van der Waals surface area contributed by atoms with Crippen LogP contribution in [0.15, 0.2) is 0 Å². The SMILES string of the molecule is [3H]C([3H])([3H])C([3H])(C[C@H](N)C(=O)O)C([3H])([3H])[3H].